The second kappa shape index (κ2) is 5.49. The summed E-state index contributed by atoms with van der Waals surface area (Å²) < 4.78 is 40.1. The van der Waals surface area contributed by atoms with Gasteiger partial charge in [-0.25, -0.2) is 17.5 Å². The van der Waals surface area contributed by atoms with E-state index in [0.717, 1.165) is 6.07 Å². The third-order valence-electron chi connectivity index (χ3n) is 3.58. The van der Waals surface area contributed by atoms with E-state index in [1.165, 1.54) is 12.1 Å². The van der Waals surface area contributed by atoms with Crippen LogP contribution in [0.3, 0.4) is 0 Å². The highest BCUT2D eigenvalue weighted by atomic mass is 32.2. The molecule has 20 heavy (non-hydrogen) atoms. The standard InChI is InChI=1S/C13H16FNO4S/c1-8-5-6-9(14)7-12(8)20(18,19)15-11-4-2-3-10(11)13(16)17/h5-7,10-11,15H,2-4H2,1H3,(H,16,17). The number of benzene rings is 1. The lowest BCUT2D eigenvalue weighted by Crippen LogP contribution is -2.40. The third-order valence-corrected chi connectivity index (χ3v) is 5.21. The number of halogens is 1. The molecular formula is C13H16FNO4S. The number of carboxylic acids is 1. The Bertz CT molecular complexity index is 629. The SMILES string of the molecule is Cc1ccc(F)cc1S(=O)(=O)NC1CCCC1C(=O)O. The quantitative estimate of drug-likeness (QED) is 0.886. The molecule has 2 atom stereocenters. The van der Waals surface area contributed by atoms with Gasteiger partial charge in [0.2, 0.25) is 10.0 Å². The molecule has 7 heteroatoms. The van der Waals surface area contributed by atoms with Crippen LogP contribution in [0.5, 0.6) is 0 Å². The van der Waals surface area contributed by atoms with E-state index >= 15 is 0 Å². The predicted molar refractivity (Wildman–Crippen MR) is 70.2 cm³/mol. The molecule has 0 radical (unpaired) electrons. The van der Waals surface area contributed by atoms with Crippen LogP contribution in [0.4, 0.5) is 4.39 Å². The van der Waals surface area contributed by atoms with Gasteiger partial charge in [0.25, 0.3) is 0 Å². The van der Waals surface area contributed by atoms with Crippen molar-refractivity contribution < 1.29 is 22.7 Å². The number of rotatable bonds is 4. The number of carbonyl (C=O) groups is 1. The molecule has 110 valence electrons. The molecule has 2 unspecified atom stereocenters. The molecular weight excluding hydrogens is 285 g/mol. The van der Waals surface area contributed by atoms with Crippen LogP contribution in [-0.4, -0.2) is 25.5 Å². The fourth-order valence-electron chi connectivity index (χ4n) is 2.52. The zero-order valence-corrected chi connectivity index (χ0v) is 11.8. The summed E-state index contributed by atoms with van der Waals surface area (Å²) in [5, 5.41) is 9.05. The van der Waals surface area contributed by atoms with Crippen LogP contribution in [0.2, 0.25) is 0 Å². The van der Waals surface area contributed by atoms with Crippen LogP contribution in [0, 0.1) is 18.7 Å². The number of nitrogens with one attached hydrogen (secondary N) is 1. The van der Waals surface area contributed by atoms with E-state index in [4.69, 9.17) is 5.11 Å². The molecule has 1 aromatic carbocycles. The molecule has 0 bridgehead atoms. The summed E-state index contributed by atoms with van der Waals surface area (Å²) in [6.07, 6.45) is 1.58. The Morgan fingerprint density at radius 3 is 2.75 bits per heavy atom. The summed E-state index contributed by atoms with van der Waals surface area (Å²) in [6, 6.07) is 2.87. The van der Waals surface area contributed by atoms with Crippen molar-refractivity contribution in [2.24, 2.45) is 5.92 Å². The number of sulfonamides is 1. The van der Waals surface area contributed by atoms with Crippen molar-refractivity contribution in [1.29, 1.82) is 0 Å². The van der Waals surface area contributed by atoms with E-state index in [1.54, 1.807) is 6.92 Å². The minimum atomic E-state index is -3.92. The fourth-order valence-corrected chi connectivity index (χ4v) is 4.09. The van der Waals surface area contributed by atoms with Crippen LogP contribution >= 0.6 is 0 Å². The zero-order valence-electron chi connectivity index (χ0n) is 11.0. The molecule has 0 amide bonds. The van der Waals surface area contributed by atoms with Crippen LogP contribution in [0.1, 0.15) is 24.8 Å². The molecule has 2 rings (SSSR count). The Hall–Kier alpha value is -1.47. The zero-order chi connectivity index (χ0) is 14.9. The highest BCUT2D eigenvalue weighted by molar-refractivity contribution is 7.89. The number of carboxylic acid groups (broad SMARTS) is 1. The van der Waals surface area contributed by atoms with Gasteiger partial charge < -0.3 is 5.11 Å². The van der Waals surface area contributed by atoms with Crippen molar-refractivity contribution in [2.75, 3.05) is 0 Å². The van der Waals surface area contributed by atoms with Gasteiger partial charge in [-0.2, -0.15) is 0 Å². The van der Waals surface area contributed by atoms with E-state index in [-0.39, 0.29) is 4.90 Å². The monoisotopic (exact) mass is 301 g/mol. The molecule has 1 aliphatic carbocycles. The van der Waals surface area contributed by atoms with Gasteiger partial charge in [-0.1, -0.05) is 12.5 Å². The van der Waals surface area contributed by atoms with Crippen molar-refractivity contribution in [3.8, 4) is 0 Å². The first-order valence-corrected chi connectivity index (χ1v) is 7.81. The minimum Gasteiger partial charge on any atom is -0.481 e. The lowest BCUT2D eigenvalue weighted by Gasteiger charge is -2.18. The Labute approximate surface area is 116 Å². The molecule has 1 aromatic rings. The van der Waals surface area contributed by atoms with Crippen molar-refractivity contribution in [3.63, 3.8) is 0 Å². The molecule has 0 spiro atoms. The first kappa shape index (κ1) is 14.9. The number of hydrogen-bond acceptors (Lipinski definition) is 3. The lowest BCUT2D eigenvalue weighted by molar-refractivity contribution is -0.141. The van der Waals surface area contributed by atoms with Crippen molar-refractivity contribution in [1.82, 2.24) is 4.72 Å². The maximum atomic E-state index is 13.2. The van der Waals surface area contributed by atoms with Crippen molar-refractivity contribution in [3.05, 3.63) is 29.6 Å². The topological polar surface area (TPSA) is 83.5 Å². The van der Waals surface area contributed by atoms with Gasteiger partial charge in [0.05, 0.1) is 10.8 Å². The van der Waals surface area contributed by atoms with E-state index < -0.39 is 33.8 Å². The minimum absolute atomic E-state index is 0.145. The Morgan fingerprint density at radius 2 is 2.10 bits per heavy atom. The normalized spacial score (nSPS) is 22.9. The molecule has 5 nitrogen and oxygen atoms in total. The smallest absolute Gasteiger partial charge is 0.308 e. The number of aryl methyl sites for hydroxylation is 1. The summed E-state index contributed by atoms with van der Waals surface area (Å²) in [7, 11) is -3.92. The maximum Gasteiger partial charge on any atom is 0.308 e. The average Bonchev–Trinajstić information content (AvgIpc) is 2.79. The molecule has 0 heterocycles. The number of hydrogen-bond donors (Lipinski definition) is 2. The molecule has 0 aliphatic heterocycles. The fraction of sp³-hybridized carbons (Fsp3) is 0.462. The second-order valence-electron chi connectivity index (χ2n) is 5.01. The first-order chi connectivity index (χ1) is 9.31. The molecule has 0 saturated heterocycles. The highest BCUT2D eigenvalue weighted by Crippen LogP contribution is 2.28. The van der Waals surface area contributed by atoms with Gasteiger partial charge in [0, 0.05) is 6.04 Å². The van der Waals surface area contributed by atoms with Crippen LogP contribution in [0.25, 0.3) is 0 Å². The van der Waals surface area contributed by atoms with Crippen LogP contribution in [-0.2, 0) is 14.8 Å². The lowest BCUT2D eigenvalue weighted by atomic mass is 10.1. The van der Waals surface area contributed by atoms with Crippen LogP contribution < -0.4 is 4.72 Å². The van der Waals surface area contributed by atoms with E-state index in [0.29, 0.717) is 24.8 Å². The molecule has 0 aromatic heterocycles. The van der Waals surface area contributed by atoms with Gasteiger partial charge >= 0.3 is 5.97 Å². The van der Waals surface area contributed by atoms with Gasteiger partial charge in [0.1, 0.15) is 5.82 Å². The Morgan fingerprint density at radius 1 is 1.40 bits per heavy atom. The summed E-state index contributed by atoms with van der Waals surface area (Å²) in [5.74, 6) is -2.37. The van der Waals surface area contributed by atoms with Gasteiger partial charge in [-0.05, 0) is 37.5 Å². The highest BCUT2D eigenvalue weighted by Gasteiger charge is 2.36. The van der Waals surface area contributed by atoms with Crippen LogP contribution in [0.15, 0.2) is 23.1 Å². The maximum absolute atomic E-state index is 13.2. The summed E-state index contributed by atoms with van der Waals surface area (Å²) in [5.41, 5.74) is 0.420. The second-order valence-corrected chi connectivity index (χ2v) is 6.70. The summed E-state index contributed by atoms with van der Waals surface area (Å²) in [6.45, 7) is 1.57. The molecule has 1 saturated carbocycles. The van der Waals surface area contributed by atoms with E-state index in [9.17, 15) is 17.6 Å². The van der Waals surface area contributed by atoms with Crippen molar-refractivity contribution >= 4 is 16.0 Å². The van der Waals surface area contributed by atoms with E-state index in [2.05, 4.69) is 4.72 Å². The summed E-state index contributed by atoms with van der Waals surface area (Å²) in [4.78, 5) is 10.9. The van der Waals surface area contributed by atoms with Crippen molar-refractivity contribution in [2.45, 2.75) is 37.1 Å². The van der Waals surface area contributed by atoms with Gasteiger partial charge in [-0.3, -0.25) is 4.79 Å². The van der Waals surface area contributed by atoms with Gasteiger partial charge in [0.15, 0.2) is 0 Å². The predicted octanol–water partition coefficient (Wildman–Crippen LogP) is 1.67. The van der Waals surface area contributed by atoms with E-state index in [1.807, 2.05) is 0 Å². The van der Waals surface area contributed by atoms with Gasteiger partial charge in [-0.15, -0.1) is 0 Å². The number of aliphatic carboxylic acids is 1. The molecule has 1 aliphatic rings. The molecule has 2 N–H and O–H groups in total. The average molecular weight is 301 g/mol. The third kappa shape index (κ3) is 2.99. The largest absolute Gasteiger partial charge is 0.481 e. The Kier molecular flexibility index (Phi) is 4.10. The Balaban J connectivity index is 2.27. The summed E-state index contributed by atoms with van der Waals surface area (Å²) >= 11 is 0. The first-order valence-electron chi connectivity index (χ1n) is 6.32. The molecule has 1 fully saturated rings.